The topological polar surface area (TPSA) is 26.0 Å². The first-order valence-corrected chi connectivity index (χ1v) is 4.97. The highest BCUT2D eigenvalue weighted by Crippen LogP contribution is 2.29. The molecule has 0 saturated heterocycles. The molecule has 2 rings (SSSR count). The normalized spacial score (nSPS) is 10.4. The summed E-state index contributed by atoms with van der Waals surface area (Å²) in [4.78, 5) is 0. The number of rotatable bonds is 1. The zero-order chi connectivity index (χ0) is 11.7. The summed E-state index contributed by atoms with van der Waals surface area (Å²) < 4.78 is 27.1. The molecule has 0 spiro atoms. The Balaban J connectivity index is 2.63. The fraction of sp³-hybridized carbons (Fsp3) is 0. The molecule has 0 atom stereocenters. The van der Waals surface area contributed by atoms with Crippen LogP contribution in [-0.2, 0) is 0 Å². The number of hydrogen-bond acceptors (Lipinski definition) is 1. The van der Waals surface area contributed by atoms with Gasteiger partial charge in [-0.15, -0.1) is 0 Å². The van der Waals surface area contributed by atoms with Gasteiger partial charge < -0.3 is 5.73 Å². The molecule has 0 aromatic heterocycles. The minimum atomic E-state index is -0.748. The van der Waals surface area contributed by atoms with Crippen LogP contribution in [0.25, 0.3) is 11.1 Å². The van der Waals surface area contributed by atoms with Crippen molar-refractivity contribution in [2.75, 3.05) is 5.73 Å². The summed E-state index contributed by atoms with van der Waals surface area (Å²) >= 11 is 5.70. The third-order valence-electron chi connectivity index (χ3n) is 2.25. The van der Waals surface area contributed by atoms with Crippen molar-refractivity contribution in [1.29, 1.82) is 0 Å². The largest absolute Gasteiger partial charge is 0.396 e. The molecule has 82 valence electrons. The Labute approximate surface area is 96.5 Å². The fourth-order valence-corrected chi connectivity index (χ4v) is 1.58. The Morgan fingerprint density at radius 3 is 2.19 bits per heavy atom. The molecule has 0 radical (unpaired) electrons. The molecular formula is C12H8ClF2N. The zero-order valence-corrected chi connectivity index (χ0v) is 8.93. The number of anilines is 1. The average Bonchev–Trinajstić information content (AvgIpc) is 2.27. The summed E-state index contributed by atoms with van der Waals surface area (Å²) in [6.45, 7) is 0. The minimum Gasteiger partial charge on any atom is -0.396 e. The van der Waals surface area contributed by atoms with Crippen LogP contribution in [-0.4, -0.2) is 0 Å². The lowest BCUT2D eigenvalue weighted by molar-refractivity contribution is 0.592. The summed E-state index contributed by atoms with van der Waals surface area (Å²) in [6, 6.07) is 8.57. The summed E-state index contributed by atoms with van der Waals surface area (Å²) in [5, 5.41) is 0.508. The number of halogens is 3. The predicted molar refractivity (Wildman–Crippen MR) is 61.2 cm³/mol. The summed E-state index contributed by atoms with van der Waals surface area (Å²) in [7, 11) is 0. The molecule has 2 aromatic rings. The van der Waals surface area contributed by atoms with Crippen LogP contribution in [0.4, 0.5) is 14.5 Å². The molecule has 16 heavy (non-hydrogen) atoms. The predicted octanol–water partition coefficient (Wildman–Crippen LogP) is 3.87. The highest BCUT2D eigenvalue weighted by Gasteiger charge is 2.13. The van der Waals surface area contributed by atoms with E-state index in [0.717, 1.165) is 6.07 Å². The van der Waals surface area contributed by atoms with Gasteiger partial charge in [0.15, 0.2) is 5.82 Å². The van der Waals surface area contributed by atoms with Crippen molar-refractivity contribution in [3.63, 3.8) is 0 Å². The van der Waals surface area contributed by atoms with E-state index in [-0.39, 0.29) is 11.3 Å². The Hall–Kier alpha value is -1.61. The third kappa shape index (κ3) is 1.86. The van der Waals surface area contributed by atoms with E-state index < -0.39 is 11.6 Å². The molecule has 2 aromatic carbocycles. The van der Waals surface area contributed by atoms with Crippen LogP contribution in [0.2, 0.25) is 5.02 Å². The molecule has 0 amide bonds. The number of nitrogens with two attached hydrogens (primary N) is 1. The average molecular weight is 240 g/mol. The first-order valence-electron chi connectivity index (χ1n) is 4.59. The van der Waals surface area contributed by atoms with Crippen molar-refractivity contribution >= 4 is 17.3 Å². The second-order valence-corrected chi connectivity index (χ2v) is 3.77. The van der Waals surface area contributed by atoms with E-state index in [0.29, 0.717) is 10.6 Å². The van der Waals surface area contributed by atoms with Crippen LogP contribution in [0.1, 0.15) is 0 Å². The zero-order valence-electron chi connectivity index (χ0n) is 8.18. The Bertz CT molecular complexity index is 523. The lowest BCUT2D eigenvalue weighted by atomic mass is 10.0. The van der Waals surface area contributed by atoms with Gasteiger partial charge in [0.2, 0.25) is 0 Å². The summed E-state index contributed by atoms with van der Waals surface area (Å²) in [5.74, 6) is -1.39. The van der Waals surface area contributed by atoms with Gasteiger partial charge in [0.25, 0.3) is 0 Å². The molecule has 0 bridgehead atoms. The quantitative estimate of drug-likeness (QED) is 0.751. The van der Waals surface area contributed by atoms with E-state index in [9.17, 15) is 8.78 Å². The van der Waals surface area contributed by atoms with Gasteiger partial charge >= 0.3 is 0 Å². The van der Waals surface area contributed by atoms with Gasteiger partial charge in [-0.3, -0.25) is 0 Å². The lowest BCUT2D eigenvalue weighted by Crippen LogP contribution is -1.96. The van der Waals surface area contributed by atoms with Crippen LogP contribution in [0, 0.1) is 11.6 Å². The van der Waals surface area contributed by atoms with E-state index >= 15 is 0 Å². The molecule has 2 N–H and O–H groups in total. The van der Waals surface area contributed by atoms with Crippen LogP contribution in [0.3, 0.4) is 0 Å². The molecule has 0 unspecified atom stereocenters. The van der Waals surface area contributed by atoms with Gasteiger partial charge in [0.05, 0.1) is 11.3 Å². The second kappa shape index (κ2) is 4.10. The van der Waals surface area contributed by atoms with E-state index in [4.69, 9.17) is 17.3 Å². The van der Waals surface area contributed by atoms with E-state index in [1.807, 2.05) is 0 Å². The van der Waals surface area contributed by atoms with Gasteiger partial charge in [-0.1, -0.05) is 23.7 Å². The van der Waals surface area contributed by atoms with E-state index in [2.05, 4.69) is 0 Å². The van der Waals surface area contributed by atoms with Crippen molar-refractivity contribution in [2.45, 2.75) is 0 Å². The van der Waals surface area contributed by atoms with Crippen LogP contribution >= 0.6 is 11.6 Å². The molecular weight excluding hydrogens is 232 g/mol. The van der Waals surface area contributed by atoms with Crippen LogP contribution in [0.15, 0.2) is 36.4 Å². The highest BCUT2D eigenvalue weighted by atomic mass is 35.5. The SMILES string of the molecule is Nc1ccc(F)c(-c2ccc(Cl)cc2)c1F. The maximum absolute atomic E-state index is 13.7. The first kappa shape index (κ1) is 10.9. The monoisotopic (exact) mass is 239 g/mol. The molecule has 1 nitrogen and oxygen atoms in total. The number of nitrogen functional groups attached to an aromatic ring is 1. The standard InChI is InChI=1S/C12H8ClF2N/c13-8-3-1-7(2-4-8)11-9(14)5-6-10(16)12(11)15/h1-6H,16H2. The fourth-order valence-electron chi connectivity index (χ4n) is 1.45. The second-order valence-electron chi connectivity index (χ2n) is 3.33. The molecule has 0 heterocycles. The van der Waals surface area contributed by atoms with Gasteiger partial charge in [0, 0.05) is 5.02 Å². The maximum atomic E-state index is 13.7. The smallest absolute Gasteiger partial charge is 0.156 e. The molecule has 0 saturated carbocycles. The van der Waals surface area contributed by atoms with Gasteiger partial charge in [-0.05, 0) is 29.8 Å². The third-order valence-corrected chi connectivity index (χ3v) is 2.51. The Morgan fingerprint density at radius 1 is 0.938 bits per heavy atom. The van der Waals surface area contributed by atoms with Gasteiger partial charge in [-0.2, -0.15) is 0 Å². The van der Waals surface area contributed by atoms with Gasteiger partial charge in [0.1, 0.15) is 5.82 Å². The number of benzene rings is 2. The van der Waals surface area contributed by atoms with Crippen molar-refractivity contribution in [2.24, 2.45) is 0 Å². The van der Waals surface area contributed by atoms with E-state index in [1.165, 1.54) is 6.07 Å². The highest BCUT2D eigenvalue weighted by molar-refractivity contribution is 6.30. The van der Waals surface area contributed by atoms with Crippen LogP contribution in [0.5, 0.6) is 0 Å². The van der Waals surface area contributed by atoms with Gasteiger partial charge in [-0.25, -0.2) is 8.78 Å². The molecule has 0 aliphatic heterocycles. The van der Waals surface area contributed by atoms with Crippen LogP contribution < -0.4 is 5.73 Å². The molecule has 0 aliphatic carbocycles. The lowest BCUT2D eigenvalue weighted by Gasteiger charge is -2.07. The summed E-state index contributed by atoms with van der Waals surface area (Å²) in [5.41, 5.74) is 5.59. The Morgan fingerprint density at radius 2 is 1.56 bits per heavy atom. The minimum absolute atomic E-state index is 0.0775. The Kier molecular flexibility index (Phi) is 2.79. The maximum Gasteiger partial charge on any atom is 0.156 e. The molecule has 4 heteroatoms. The van der Waals surface area contributed by atoms with Crippen molar-refractivity contribution in [1.82, 2.24) is 0 Å². The number of hydrogen-bond donors (Lipinski definition) is 1. The summed E-state index contributed by atoms with van der Waals surface area (Å²) in [6.07, 6.45) is 0. The first-order chi connectivity index (χ1) is 7.59. The van der Waals surface area contributed by atoms with Crippen molar-refractivity contribution < 1.29 is 8.78 Å². The molecule has 0 aliphatic rings. The van der Waals surface area contributed by atoms with Crippen molar-refractivity contribution in [3.8, 4) is 11.1 Å². The molecule has 0 fully saturated rings. The van der Waals surface area contributed by atoms with Crippen molar-refractivity contribution in [3.05, 3.63) is 53.1 Å². The van der Waals surface area contributed by atoms with E-state index in [1.54, 1.807) is 24.3 Å².